The van der Waals surface area contributed by atoms with Crippen molar-refractivity contribution in [2.24, 2.45) is 11.3 Å². The maximum Gasteiger partial charge on any atom is 0.573 e. The van der Waals surface area contributed by atoms with Crippen LogP contribution in [0.1, 0.15) is 64.2 Å². The Morgan fingerprint density at radius 1 is 1.10 bits per heavy atom. The molecule has 0 bridgehead atoms. The van der Waals surface area contributed by atoms with E-state index in [0.717, 1.165) is 57.1 Å². The lowest BCUT2D eigenvalue weighted by molar-refractivity contribution is -0.274. The van der Waals surface area contributed by atoms with Crippen molar-refractivity contribution in [3.8, 4) is 17.6 Å². The van der Waals surface area contributed by atoms with Gasteiger partial charge in [-0.05, 0) is 74.6 Å². The van der Waals surface area contributed by atoms with Crippen LogP contribution in [-0.4, -0.2) is 59.8 Å². The maximum atomic E-state index is 13.5. The largest absolute Gasteiger partial charge is 0.573 e. The molecule has 2 spiro atoms. The number of halogens is 3. The van der Waals surface area contributed by atoms with Crippen LogP contribution in [0.15, 0.2) is 24.3 Å². The number of carbonyl (C=O) groups is 3. The van der Waals surface area contributed by atoms with Crippen molar-refractivity contribution in [1.82, 2.24) is 15.5 Å². The summed E-state index contributed by atoms with van der Waals surface area (Å²) in [6.45, 7) is 0.00174. The predicted octanol–water partition coefficient (Wildman–Crippen LogP) is 3.58. The Morgan fingerprint density at radius 3 is 2.38 bits per heavy atom. The third-order valence-electron chi connectivity index (χ3n) is 8.71. The zero-order valence-electron chi connectivity index (χ0n) is 22.1. The van der Waals surface area contributed by atoms with Gasteiger partial charge in [-0.25, -0.2) is 0 Å². The Hall–Kier alpha value is -3.49. The quantitative estimate of drug-likeness (QED) is 0.500. The summed E-state index contributed by atoms with van der Waals surface area (Å²) in [7, 11) is 0. The second-order valence-electron chi connectivity index (χ2n) is 11.7. The number of rotatable bonds is 8. The lowest BCUT2D eigenvalue weighted by atomic mass is 9.72. The number of hydrogen-bond acceptors (Lipinski definition) is 6. The van der Waals surface area contributed by atoms with Crippen molar-refractivity contribution in [2.45, 2.75) is 88.2 Å². The number of nitriles is 1. The van der Waals surface area contributed by atoms with Gasteiger partial charge in [0, 0.05) is 18.0 Å². The number of nitrogens with one attached hydrogen (secondary N) is 2. The molecule has 9 nitrogen and oxygen atoms in total. The lowest BCUT2D eigenvalue weighted by Crippen LogP contribution is -2.50. The van der Waals surface area contributed by atoms with Gasteiger partial charge in [0.25, 0.3) is 5.91 Å². The van der Waals surface area contributed by atoms with Gasteiger partial charge in [-0.3, -0.25) is 14.4 Å². The Bertz CT molecular complexity index is 1170. The zero-order valence-corrected chi connectivity index (χ0v) is 22.1. The van der Waals surface area contributed by atoms with E-state index in [9.17, 15) is 32.8 Å². The molecule has 1 aromatic rings. The first-order chi connectivity index (χ1) is 19.0. The van der Waals surface area contributed by atoms with Crippen LogP contribution in [0.3, 0.4) is 0 Å². The third-order valence-corrected chi connectivity index (χ3v) is 8.71. The molecule has 4 fully saturated rings. The number of carbonyl (C=O) groups excluding carboxylic acids is 3. The highest BCUT2D eigenvalue weighted by molar-refractivity contribution is 5.89. The molecule has 0 radical (unpaired) electrons. The Labute approximate surface area is 230 Å². The highest BCUT2D eigenvalue weighted by atomic mass is 19.4. The van der Waals surface area contributed by atoms with Crippen molar-refractivity contribution in [3.63, 3.8) is 0 Å². The van der Waals surface area contributed by atoms with Gasteiger partial charge in [-0.2, -0.15) is 5.26 Å². The smallest absolute Gasteiger partial charge is 0.484 e. The summed E-state index contributed by atoms with van der Waals surface area (Å²) in [5.41, 5.74) is -0.308. The van der Waals surface area contributed by atoms with Crippen molar-refractivity contribution in [2.75, 3.05) is 13.2 Å². The monoisotopic (exact) mass is 562 g/mol. The van der Waals surface area contributed by atoms with E-state index in [2.05, 4.69) is 21.4 Å². The Balaban J connectivity index is 1.22. The molecular weight excluding hydrogens is 529 g/mol. The van der Waals surface area contributed by atoms with Crippen LogP contribution in [0.5, 0.6) is 11.5 Å². The van der Waals surface area contributed by atoms with Gasteiger partial charge in [0.1, 0.15) is 23.6 Å². The first-order valence-electron chi connectivity index (χ1n) is 13.8. The summed E-state index contributed by atoms with van der Waals surface area (Å²) in [5, 5.41) is 15.5. The minimum atomic E-state index is -4.81. The molecule has 40 heavy (non-hydrogen) atoms. The molecule has 3 atom stereocenters. The first-order valence-corrected chi connectivity index (χ1v) is 13.8. The number of nitrogens with zero attached hydrogens (tertiary/aromatic N) is 2. The number of likely N-dealkylation sites (tertiary alicyclic amines) is 1. The van der Waals surface area contributed by atoms with Crippen molar-refractivity contribution < 1.29 is 37.0 Å². The molecule has 4 aliphatic rings. The minimum Gasteiger partial charge on any atom is -0.484 e. The summed E-state index contributed by atoms with van der Waals surface area (Å²) >= 11 is 0. The molecule has 2 aliphatic heterocycles. The van der Waals surface area contributed by atoms with Crippen LogP contribution in [0.2, 0.25) is 0 Å². The van der Waals surface area contributed by atoms with E-state index in [1.54, 1.807) is 0 Å². The molecule has 0 aromatic heterocycles. The number of amides is 3. The fraction of sp³-hybridized carbons (Fsp3) is 0.643. The van der Waals surface area contributed by atoms with Crippen LogP contribution in [0, 0.1) is 22.7 Å². The van der Waals surface area contributed by atoms with Gasteiger partial charge in [0.05, 0.1) is 6.07 Å². The highest BCUT2D eigenvalue weighted by Gasteiger charge is 2.53. The zero-order chi connectivity index (χ0) is 28.5. The van der Waals surface area contributed by atoms with E-state index >= 15 is 0 Å². The molecule has 216 valence electrons. The van der Waals surface area contributed by atoms with E-state index in [1.807, 2.05) is 0 Å². The topological polar surface area (TPSA) is 121 Å². The fourth-order valence-corrected chi connectivity index (χ4v) is 6.53. The van der Waals surface area contributed by atoms with Crippen LogP contribution < -0.4 is 20.1 Å². The van der Waals surface area contributed by atoms with Gasteiger partial charge in [0.15, 0.2) is 6.61 Å². The van der Waals surface area contributed by atoms with Crippen LogP contribution in [0.25, 0.3) is 0 Å². The molecule has 0 unspecified atom stereocenters. The number of alkyl halides is 3. The minimum absolute atomic E-state index is 0.0824. The summed E-state index contributed by atoms with van der Waals surface area (Å²) in [5.74, 6) is -1.48. The van der Waals surface area contributed by atoms with Crippen LogP contribution >= 0.6 is 0 Å². The van der Waals surface area contributed by atoms with E-state index in [-0.39, 0.29) is 34.9 Å². The molecule has 2 saturated heterocycles. The van der Waals surface area contributed by atoms with Crippen LogP contribution in [0.4, 0.5) is 13.2 Å². The summed E-state index contributed by atoms with van der Waals surface area (Å²) in [6, 6.07) is 5.20. The highest BCUT2D eigenvalue weighted by Crippen LogP contribution is 2.47. The normalized spacial score (nSPS) is 25.2. The van der Waals surface area contributed by atoms with Gasteiger partial charge >= 0.3 is 6.36 Å². The fourth-order valence-electron chi connectivity index (χ4n) is 6.53. The summed E-state index contributed by atoms with van der Waals surface area (Å²) < 4.78 is 46.6. The summed E-state index contributed by atoms with van der Waals surface area (Å²) in [4.78, 5) is 40.7. The molecule has 1 aromatic carbocycles. The molecule has 2 saturated carbocycles. The predicted molar refractivity (Wildman–Crippen MR) is 135 cm³/mol. The molecule has 3 amide bonds. The van der Waals surface area contributed by atoms with E-state index in [0.29, 0.717) is 19.4 Å². The van der Waals surface area contributed by atoms with E-state index in [4.69, 9.17) is 4.74 Å². The molecule has 5 rings (SSSR count). The van der Waals surface area contributed by atoms with Gasteiger partial charge in [0.2, 0.25) is 11.8 Å². The van der Waals surface area contributed by atoms with Gasteiger partial charge in [-0.15, -0.1) is 13.2 Å². The van der Waals surface area contributed by atoms with Gasteiger partial charge in [-0.1, -0.05) is 19.3 Å². The third kappa shape index (κ3) is 6.45. The average molecular weight is 563 g/mol. The van der Waals surface area contributed by atoms with Crippen molar-refractivity contribution in [3.05, 3.63) is 24.3 Å². The number of ether oxygens (including phenoxy) is 2. The Kier molecular flexibility index (Phi) is 7.59. The average Bonchev–Trinajstić information content (AvgIpc) is 3.45. The summed E-state index contributed by atoms with van der Waals surface area (Å²) in [6.07, 6.45) is 3.35. The van der Waals surface area contributed by atoms with Crippen molar-refractivity contribution in [1.29, 1.82) is 5.26 Å². The molecular formula is C28H33F3N4O5. The van der Waals surface area contributed by atoms with Crippen LogP contribution in [-0.2, 0) is 14.4 Å². The first kappa shape index (κ1) is 28.1. The molecule has 2 aliphatic carbocycles. The maximum absolute atomic E-state index is 13.5. The van der Waals surface area contributed by atoms with Crippen molar-refractivity contribution >= 4 is 17.7 Å². The molecule has 12 heteroatoms. The Morgan fingerprint density at radius 2 is 1.77 bits per heavy atom. The number of hydrogen-bond donors (Lipinski definition) is 2. The van der Waals surface area contributed by atoms with E-state index < -0.39 is 42.6 Å². The number of benzene rings is 1. The SMILES string of the molecule is N#C[C@H](C[C@@H]1CC2(CC2)NC1=O)NC(=O)[C@@H]1CC2(CCCCC2)CN1C(=O)COc1ccc(OC(F)(F)F)cc1. The molecule has 2 heterocycles. The van der Waals surface area contributed by atoms with E-state index in [1.165, 1.54) is 17.0 Å². The lowest BCUT2D eigenvalue weighted by Gasteiger charge is -2.33. The second-order valence-corrected chi connectivity index (χ2v) is 11.7. The molecule has 2 N–H and O–H groups in total. The standard InChI is InChI=1S/C28H33F3N4O5/c29-28(30,31)40-21-6-4-20(5-7-21)39-16-23(36)35-17-26(8-2-1-3-9-26)14-22(35)25(38)33-19(15-32)12-18-13-27(10-11-27)34-24(18)37/h4-7,18-19,22H,1-3,8-14,16-17H2,(H,33,38)(H,34,37)/t18-,19+,22+/m1/s1. The second kappa shape index (κ2) is 10.8. The van der Waals surface area contributed by atoms with Gasteiger partial charge < -0.3 is 25.0 Å².